The van der Waals surface area contributed by atoms with E-state index in [1.165, 1.54) is 17.7 Å². The van der Waals surface area contributed by atoms with Crippen molar-refractivity contribution in [3.8, 4) is 5.75 Å². The molecule has 2 rings (SSSR count). The second-order valence-corrected chi connectivity index (χ2v) is 4.99. The number of halogens is 1. The lowest BCUT2D eigenvalue weighted by Gasteiger charge is -2.07. The summed E-state index contributed by atoms with van der Waals surface area (Å²) in [6, 6.07) is 14.6. The van der Waals surface area contributed by atoms with E-state index in [1.807, 2.05) is 30.3 Å². The molecule has 0 aliphatic rings. The molecule has 0 aromatic heterocycles. The molecule has 0 radical (unpaired) electrons. The van der Waals surface area contributed by atoms with Gasteiger partial charge in [-0.05, 0) is 36.6 Å². The average molecular weight is 290 g/mol. The smallest absolute Gasteiger partial charge is 0.224 e. The zero-order valence-corrected chi connectivity index (χ0v) is 11.7. The van der Waals surface area contributed by atoms with E-state index in [4.69, 9.17) is 11.6 Å². The van der Waals surface area contributed by atoms with Crippen molar-refractivity contribution in [2.24, 2.45) is 0 Å². The van der Waals surface area contributed by atoms with Crippen LogP contribution in [0.2, 0.25) is 5.02 Å². The lowest BCUT2D eigenvalue weighted by Crippen LogP contribution is -2.11. The average Bonchev–Trinajstić information content (AvgIpc) is 2.44. The summed E-state index contributed by atoms with van der Waals surface area (Å²) in [5.41, 5.74) is 1.56. The van der Waals surface area contributed by atoms with E-state index in [0.29, 0.717) is 17.1 Å². The van der Waals surface area contributed by atoms with E-state index >= 15 is 0 Å². The van der Waals surface area contributed by atoms with Gasteiger partial charge in [0.05, 0.1) is 5.69 Å². The topological polar surface area (TPSA) is 49.3 Å². The summed E-state index contributed by atoms with van der Waals surface area (Å²) in [7, 11) is 0. The van der Waals surface area contributed by atoms with Crippen LogP contribution in [0.25, 0.3) is 0 Å². The molecule has 0 saturated heterocycles. The second-order valence-electron chi connectivity index (χ2n) is 4.55. The van der Waals surface area contributed by atoms with Gasteiger partial charge in [-0.3, -0.25) is 4.79 Å². The summed E-state index contributed by atoms with van der Waals surface area (Å²) >= 11 is 5.82. The molecule has 0 atom stereocenters. The third-order valence-electron chi connectivity index (χ3n) is 2.94. The zero-order valence-electron chi connectivity index (χ0n) is 11.0. The predicted octanol–water partition coefficient (Wildman–Crippen LogP) is 4.01. The van der Waals surface area contributed by atoms with E-state index in [0.717, 1.165) is 12.8 Å². The largest absolute Gasteiger partial charge is 0.506 e. The molecule has 0 unspecified atom stereocenters. The number of aryl methyl sites for hydroxylation is 1. The SMILES string of the molecule is O=C(CCCc1ccccc1)Nc1cc(Cl)ccc1O. The summed E-state index contributed by atoms with van der Waals surface area (Å²) in [6.07, 6.45) is 2.02. The molecule has 3 nitrogen and oxygen atoms in total. The number of carbonyl (C=O) groups is 1. The normalized spacial score (nSPS) is 10.2. The molecule has 0 fully saturated rings. The number of rotatable bonds is 5. The molecule has 0 saturated carbocycles. The molecule has 1 amide bonds. The highest BCUT2D eigenvalue weighted by atomic mass is 35.5. The van der Waals surface area contributed by atoms with Crippen LogP contribution in [-0.2, 0) is 11.2 Å². The second kappa shape index (κ2) is 6.96. The molecular formula is C16H16ClNO2. The van der Waals surface area contributed by atoms with Crippen molar-refractivity contribution in [2.75, 3.05) is 5.32 Å². The van der Waals surface area contributed by atoms with Gasteiger partial charge in [0.15, 0.2) is 0 Å². The minimum atomic E-state index is -0.126. The minimum Gasteiger partial charge on any atom is -0.506 e. The fourth-order valence-corrected chi connectivity index (χ4v) is 2.09. The summed E-state index contributed by atoms with van der Waals surface area (Å²) in [5, 5.41) is 12.8. The van der Waals surface area contributed by atoms with Gasteiger partial charge in [0.25, 0.3) is 0 Å². The first-order valence-corrected chi connectivity index (χ1v) is 6.85. The van der Waals surface area contributed by atoms with Gasteiger partial charge in [0, 0.05) is 11.4 Å². The van der Waals surface area contributed by atoms with E-state index < -0.39 is 0 Å². The predicted molar refractivity (Wildman–Crippen MR) is 81.1 cm³/mol. The van der Waals surface area contributed by atoms with Crippen LogP contribution < -0.4 is 5.32 Å². The third kappa shape index (κ3) is 4.28. The lowest BCUT2D eigenvalue weighted by atomic mass is 10.1. The first-order chi connectivity index (χ1) is 9.65. The molecule has 2 N–H and O–H groups in total. The first kappa shape index (κ1) is 14.4. The maximum absolute atomic E-state index is 11.8. The van der Waals surface area contributed by atoms with Gasteiger partial charge < -0.3 is 10.4 Å². The monoisotopic (exact) mass is 289 g/mol. The Labute approximate surface area is 123 Å². The van der Waals surface area contributed by atoms with Gasteiger partial charge in [-0.15, -0.1) is 0 Å². The summed E-state index contributed by atoms with van der Waals surface area (Å²) in [5.74, 6) is -0.107. The van der Waals surface area contributed by atoms with Crippen molar-refractivity contribution in [2.45, 2.75) is 19.3 Å². The van der Waals surface area contributed by atoms with E-state index in [-0.39, 0.29) is 11.7 Å². The molecule has 0 aliphatic heterocycles. The highest BCUT2D eigenvalue weighted by Crippen LogP contribution is 2.26. The third-order valence-corrected chi connectivity index (χ3v) is 3.18. The van der Waals surface area contributed by atoms with Crippen LogP contribution in [-0.4, -0.2) is 11.0 Å². The van der Waals surface area contributed by atoms with Crippen molar-refractivity contribution in [1.29, 1.82) is 0 Å². The van der Waals surface area contributed by atoms with Crippen LogP contribution in [0.3, 0.4) is 0 Å². The van der Waals surface area contributed by atoms with Gasteiger partial charge in [-0.2, -0.15) is 0 Å². The maximum atomic E-state index is 11.8. The Bertz CT molecular complexity index is 584. The fourth-order valence-electron chi connectivity index (χ4n) is 1.92. The number of nitrogens with one attached hydrogen (secondary N) is 1. The Morgan fingerprint density at radius 2 is 1.90 bits per heavy atom. The van der Waals surface area contributed by atoms with Crippen molar-refractivity contribution in [3.63, 3.8) is 0 Å². The summed E-state index contributed by atoms with van der Waals surface area (Å²) in [4.78, 5) is 11.8. The summed E-state index contributed by atoms with van der Waals surface area (Å²) in [6.45, 7) is 0. The number of hydrogen-bond donors (Lipinski definition) is 2. The Hall–Kier alpha value is -2.00. The van der Waals surface area contributed by atoms with Crippen LogP contribution in [0.5, 0.6) is 5.75 Å². The van der Waals surface area contributed by atoms with Crippen molar-refractivity contribution < 1.29 is 9.90 Å². The Morgan fingerprint density at radius 3 is 2.65 bits per heavy atom. The number of carbonyl (C=O) groups excluding carboxylic acids is 1. The van der Waals surface area contributed by atoms with Crippen LogP contribution >= 0.6 is 11.6 Å². The van der Waals surface area contributed by atoms with Gasteiger partial charge >= 0.3 is 0 Å². The van der Waals surface area contributed by atoms with Gasteiger partial charge in [0.2, 0.25) is 5.91 Å². The molecular weight excluding hydrogens is 274 g/mol. The number of aromatic hydroxyl groups is 1. The van der Waals surface area contributed by atoms with Crippen LogP contribution in [0.4, 0.5) is 5.69 Å². The Morgan fingerprint density at radius 1 is 1.15 bits per heavy atom. The fraction of sp³-hybridized carbons (Fsp3) is 0.188. The Kier molecular flexibility index (Phi) is 5.02. The number of benzene rings is 2. The molecule has 0 bridgehead atoms. The molecule has 2 aromatic carbocycles. The van der Waals surface area contributed by atoms with Crippen LogP contribution in [0.1, 0.15) is 18.4 Å². The summed E-state index contributed by atoms with van der Waals surface area (Å²) < 4.78 is 0. The molecule has 0 spiro atoms. The number of anilines is 1. The molecule has 104 valence electrons. The number of hydrogen-bond acceptors (Lipinski definition) is 2. The van der Waals surface area contributed by atoms with Gasteiger partial charge in [0.1, 0.15) is 5.75 Å². The van der Waals surface area contributed by atoms with Crippen molar-refractivity contribution >= 4 is 23.2 Å². The number of phenolic OH excluding ortho intramolecular Hbond substituents is 1. The van der Waals surface area contributed by atoms with Gasteiger partial charge in [-0.25, -0.2) is 0 Å². The molecule has 20 heavy (non-hydrogen) atoms. The number of amides is 1. The van der Waals surface area contributed by atoms with Crippen molar-refractivity contribution in [1.82, 2.24) is 0 Å². The van der Waals surface area contributed by atoms with E-state index in [2.05, 4.69) is 5.32 Å². The van der Waals surface area contributed by atoms with Crippen LogP contribution in [0, 0.1) is 0 Å². The first-order valence-electron chi connectivity index (χ1n) is 6.47. The minimum absolute atomic E-state index is 0.0193. The van der Waals surface area contributed by atoms with E-state index in [9.17, 15) is 9.90 Å². The van der Waals surface area contributed by atoms with Crippen LogP contribution in [0.15, 0.2) is 48.5 Å². The standard InChI is InChI=1S/C16H16ClNO2/c17-13-9-10-15(19)14(11-13)18-16(20)8-4-7-12-5-2-1-3-6-12/h1-3,5-6,9-11,19H,4,7-8H2,(H,18,20). The lowest BCUT2D eigenvalue weighted by molar-refractivity contribution is -0.116. The van der Waals surface area contributed by atoms with Crippen molar-refractivity contribution in [3.05, 3.63) is 59.1 Å². The molecule has 0 aliphatic carbocycles. The molecule has 2 aromatic rings. The Balaban J connectivity index is 1.82. The number of phenols is 1. The molecule has 0 heterocycles. The van der Waals surface area contributed by atoms with Gasteiger partial charge in [-0.1, -0.05) is 41.9 Å². The maximum Gasteiger partial charge on any atom is 0.224 e. The molecule has 4 heteroatoms. The zero-order chi connectivity index (χ0) is 14.4. The highest BCUT2D eigenvalue weighted by molar-refractivity contribution is 6.31. The highest BCUT2D eigenvalue weighted by Gasteiger charge is 2.07. The quantitative estimate of drug-likeness (QED) is 0.817. The van der Waals surface area contributed by atoms with E-state index in [1.54, 1.807) is 6.07 Å².